The zero-order valence-corrected chi connectivity index (χ0v) is 13.2. The number of carbonyl (C=O) groups excluding carboxylic acids is 1. The highest BCUT2D eigenvalue weighted by molar-refractivity contribution is 5.76. The fourth-order valence-electron chi connectivity index (χ4n) is 1.67. The third-order valence-corrected chi connectivity index (χ3v) is 2.57. The molecule has 1 heterocycles. The van der Waals surface area contributed by atoms with E-state index < -0.39 is 0 Å². The molecule has 1 rings (SSSR count). The Labute approximate surface area is 125 Å². The Hall–Kier alpha value is -1.89. The highest BCUT2D eigenvalue weighted by Gasteiger charge is 2.06. The first-order valence-electron chi connectivity index (χ1n) is 7.21. The summed E-state index contributed by atoms with van der Waals surface area (Å²) in [6, 6.07) is 1.96. The van der Waals surface area contributed by atoms with Crippen LogP contribution in [-0.4, -0.2) is 42.1 Å². The van der Waals surface area contributed by atoms with Gasteiger partial charge in [0.05, 0.1) is 0 Å². The first-order valence-corrected chi connectivity index (χ1v) is 7.21. The molecule has 0 aliphatic heterocycles. The Morgan fingerprint density at radius 2 is 2.05 bits per heavy atom. The lowest BCUT2D eigenvalue weighted by molar-refractivity contribution is -0.121. The van der Waals surface area contributed by atoms with Crippen molar-refractivity contribution in [3.8, 4) is 0 Å². The predicted molar refractivity (Wildman–Crippen MR) is 83.3 cm³/mol. The van der Waals surface area contributed by atoms with Crippen LogP contribution < -0.4 is 16.0 Å². The average Bonchev–Trinajstić information content (AvgIpc) is 2.44. The van der Waals surface area contributed by atoms with Gasteiger partial charge in [-0.1, -0.05) is 0 Å². The van der Waals surface area contributed by atoms with E-state index in [1.54, 1.807) is 13.1 Å². The number of hydrogen-bond donors (Lipinski definition) is 3. The maximum absolute atomic E-state index is 11.6. The van der Waals surface area contributed by atoms with E-state index in [1.807, 2.05) is 20.8 Å². The van der Waals surface area contributed by atoms with Gasteiger partial charge in [0, 0.05) is 38.7 Å². The van der Waals surface area contributed by atoms with Crippen molar-refractivity contribution in [1.29, 1.82) is 0 Å². The lowest BCUT2D eigenvalue weighted by atomic mass is 10.3. The molecule has 0 saturated heterocycles. The molecule has 7 heteroatoms. The molecule has 1 aromatic heterocycles. The van der Waals surface area contributed by atoms with E-state index in [0.29, 0.717) is 43.6 Å². The van der Waals surface area contributed by atoms with Gasteiger partial charge in [-0.05, 0) is 20.8 Å². The van der Waals surface area contributed by atoms with E-state index in [9.17, 15) is 4.79 Å². The third-order valence-electron chi connectivity index (χ3n) is 2.57. The van der Waals surface area contributed by atoms with Crippen molar-refractivity contribution in [2.75, 3.05) is 30.8 Å². The van der Waals surface area contributed by atoms with Crippen LogP contribution in [0.25, 0.3) is 0 Å². The quantitative estimate of drug-likeness (QED) is 0.638. The summed E-state index contributed by atoms with van der Waals surface area (Å²) in [6.45, 7) is 7.31. The first kappa shape index (κ1) is 17.2. The van der Waals surface area contributed by atoms with Crippen LogP contribution in [-0.2, 0) is 16.1 Å². The monoisotopic (exact) mass is 295 g/mol. The largest absolute Gasteiger partial charge is 0.374 e. The maximum Gasteiger partial charge on any atom is 0.221 e. The van der Waals surface area contributed by atoms with E-state index in [-0.39, 0.29) is 11.9 Å². The molecule has 0 radical (unpaired) electrons. The standard InChI is InChI=1S/C14H25N5O2/c1-5-21-9-13-18-11(15-4)8-12(19-13)16-7-6-14(20)17-10(2)3/h8,10H,5-7,9H2,1-4H3,(H,17,20)(H2,15,16,18,19). The normalized spacial score (nSPS) is 10.5. The van der Waals surface area contributed by atoms with Crippen molar-refractivity contribution in [3.05, 3.63) is 11.9 Å². The summed E-state index contributed by atoms with van der Waals surface area (Å²) in [5.41, 5.74) is 0. The van der Waals surface area contributed by atoms with Gasteiger partial charge in [0.15, 0.2) is 5.82 Å². The fourth-order valence-corrected chi connectivity index (χ4v) is 1.67. The predicted octanol–water partition coefficient (Wildman–Crippen LogP) is 1.38. The van der Waals surface area contributed by atoms with Crippen LogP contribution in [0.5, 0.6) is 0 Å². The lowest BCUT2D eigenvalue weighted by Crippen LogP contribution is -2.31. The molecule has 0 fully saturated rings. The molecule has 1 amide bonds. The average molecular weight is 295 g/mol. The molecular weight excluding hydrogens is 270 g/mol. The lowest BCUT2D eigenvalue weighted by Gasteiger charge is -2.11. The minimum absolute atomic E-state index is 0.0231. The molecule has 118 valence electrons. The third kappa shape index (κ3) is 6.89. The second-order valence-electron chi connectivity index (χ2n) is 4.84. The second kappa shape index (κ2) is 9.12. The van der Waals surface area contributed by atoms with Crippen molar-refractivity contribution in [3.63, 3.8) is 0 Å². The maximum atomic E-state index is 11.6. The van der Waals surface area contributed by atoms with Crippen LogP contribution >= 0.6 is 0 Å². The Kier molecular flexibility index (Phi) is 7.45. The molecule has 1 aromatic rings. The summed E-state index contributed by atoms with van der Waals surface area (Å²) in [5, 5.41) is 8.96. The highest BCUT2D eigenvalue weighted by atomic mass is 16.5. The molecule has 0 saturated carbocycles. The Morgan fingerprint density at radius 1 is 1.33 bits per heavy atom. The molecule has 0 bridgehead atoms. The summed E-state index contributed by atoms with van der Waals surface area (Å²) in [7, 11) is 1.80. The molecule has 3 N–H and O–H groups in total. The number of carbonyl (C=O) groups is 1. The minimum Gasteiger partial charge on any atom is -0.374 e. The first-order chi connectivity index (χ1) is 10.0. The molecule has 0 aromatic carbocycles. The summed E-state index contributed by atoms with van der Waals surface area (Å²) in [6.07, 6.45) is 0.401. The zero-order valence-electron chi connectivity index (χ0n) is 13.2. The van der Waals surface area contributed by atoms with E-state index >= 15 is 0 Å². The van der Waals surface area contributed by atoms with Gasteiger partial charge in [-0.25, -0.2) is 9.97 Å². The molecule has 0 unspecified atom stereocenters. The summed E-state index contributed by atoms with van der Waals surface area (Å²) >= 11 is 0. The number of hydrogen-bond acceptors (Lipinski definition) is 6. The number of amides is 1. The molecule has 0 aliphatic rings. The van der Waals surface area contributed by atoms with Crippen LogP contribution in [0.4, 0.5) is 11.6 Å². The number of anilines is 2. The van der Waals surface area contributed by atoms with Gasteiger partial charge in [0.25, 0.3) is 0 Å². The van der Waals surface area contributed by atoms with Gasteiger partial charge in [-0.15, -0.1) is 0 Å². The number of aromatic nitrogens is 2. The Balaban J connectivity index is 2.55. The van der Waals surface area contributed by atoms with Gasteiger partial charge in [0.2, 0.25) is 5.91 Å². The van der Waals surface area contributed by atoms with E-state index in [4.69, 9.17) is 4.74 Å². The van der Waals surface area contributed by atoms with Crippen LogP contribution in [0.2, 0.25) is 0 Å². The molecular formula is C14H25N5O2. The van der Waals surface area contributed by atoms with Gasteiger partial charge >= 0.3 is 0 Å². The molecule has 0 atom stereocenters. The van der Waals surface area contributed by atoms with Crippen molar-refractivity contribution < 1.29 is 9.53 Å². The molecule has 0 aliphatic carbocycles. The summed E-state index contributed by atoms with van der Waals surface area (Å²) < 4.78 is 5.32. The van der Waals surface area contributed by atoms with Crippen molar-refractivity contribution in [2.45, 2.75) is 39.8 Å². The molecule has 21 heavy (non-hydrogen) atoms. The van der Waals surface area contributed by atoms with E-state index in [0.717, 1.165) is 0 Å². The number of nitrogens with one attached hydrogen (secondary N) is 3. The van der Waals surface area contributed by atoms with Crippen molar-refractivity contribution in [2.24, 2.45) is 0 Å². The smallest absolute Gasteiger partial charge is 0.221 e. The topological polar surface area (TPSA) is 88.2 Å². The van der Waals surface area contributed by atoms with Crippen LogP contribution in [0.3, 0.4) is 0 Å². The molecule has 7 nitrogen and oxygen atoms in total. The van der Waals surface area contributed by atoms with Crippen LogP contribution in [0.1, 0.15) is 33.0 Å². The van der Waals surface area contributed by atoms with E-state index in [2.05, 4.69) is 25.9 Å². The van der Waals surface area contributed by atoms with Gasteiger partial charge in [0.1, 0.15) is 18.2 Å². The van der Waals surface area contributed by atoms with Crippen LogP contribution in [0.15, 0.2) is 6.07 Å². The van der Waals surface area contributed by atoms with Crippen LogP contribution in [0, 0.1) is 0 Å². The zero-order chi connectivity index (χ0) is 15.7. The van der Waals surface area contributed by atoms with Gasteiger partial charge in [-0.2, -0.15) is 0 Å². The number of rotatable bonds is 9. The number of ether oxygens (including phenoxy) is 1. The summed E-state index contributed by atoms with van der Waals surface area (Å²) in [4.78, 5) is 20.2. The number of nitrogens with zero attached hydrogens (tertiary/aromatic N) is 2. The van der Waals surface area contributed by atoms with Gasteiger partial charge in [-0.3, -0.25) is 4.79 Å². The van der Waals surface area contributed by atoms with Crippen molar-refractivity contribution in [1.82, 2.24) is 15.3 Å². The Bertz CT molecular complexity index is 451. The van der Waals surface area contributed by atoms with Crippen molar-refractivity contribution >= 4 is 17.5 Å². The SMILES string of the molecule is CCOCc1nc(NC)cc(NCCC(=O)NC(C)C)n1. The second-order valence-corrected chi connectivity index (χ2v) is 4.84. The Morgan fingerprint density at radius 3 is 2.67 bits per heavy atom. The van der Waals surface area contributed by atoms with E-state index in [1.165, 1.54) is 0 Å². The van der Waals surface area contributed by atoms with Gasteiger partial charge < -0.3 is 20.7 Å². The summed E-state index contributed by atoms with van der Waals surface area (Å²) in [5.74, 6) is 2.03. The fraction of sp³-hybridized carbons (Fsp3) is 0.643. The molecule has 0 spiro atoms. The minimum atomic E-state index is 0.0231. The highest BCUT2D eigenvalue weighted by Crippen LogP contribution is 2.11.